The molecule has 0 aliphatic carbocycles. The number of hydrogen-bond donors (Lipinski definition) is 3. The Bertz CT molecular complexity index is 1110. The van der Waals surface area contributed by atoms with Crippen molar-refractivity contribution in [3.05, 3.63) is 63.6 Å². The number of halogens is 2. The van der Waals surface area contributed by atoms with E-state index in [2.05, 4.69) is 17.6 Å². The van der Waals surface area contributed by atoms with Crippen molar-refractivity contribution in [1.82, 2.24) is 10.6 Å². The highest BCUT2D eigenvalue weighted by Crippen LogP contribution is 2.26. The van der Waals surface area contributed by atoms with Gasteiger partial charge in [-0.3, -0.25) is 9.59 Å². The van der Waals surface area contributed by atoms with E-state index in [9.17, 15) is 19.5 Å². The summed E-state index contributed by atoms with van der Waals surface area (Å²) in [5.41, 5.74) is 1.32. The molecule has 2 amide bonds. The molecule has 3 rings (SSSR count). The van der Waals surface area contributed by atoms with Crippen LogP contribution in [0.4, 0.5) is 0 Å². The van der Waals surface area contributed by atoms with Gasteiger partial charge in [-0.25, -0.2) is 4.79 Å². The summed E-state index contributed by atoms with van der Waals surface area (Å²) in [6.45, 7) is 2.57. The zero-order valence-electron chi connectivity index (χ0n) is 22.5. The van der Waals surface area contributed by atoms with E-state index in [1.165, 1.54) is 19.3 Å². The van der Waals surface area contributed by atoms with E-state index in [4.69, 9.17) is 37.4 Å². The summed E-state index contributed by atoms with van der Waals surface area (Å²) in [5.74, 6) is -1.85. The third kappa shape index (κ3) is 9.66. The first-order valence-corrected chi connectivity index (χ1v) is 14.2. The number of aliphatic carboxylic acids is 1. The first-order valence-electron chi connectivity index (χ1n) is 13.5. The number of carbonyl (C=O) groups is 3. The minimum Gasteiger partial charge on any atom is -0.489 e. The van der Waals surface area contributed by atoms with Gasteiger partial charge in [-0.05, 0) is 36.2 Å². The molecule has 1 aliphatic rings. The van der Waals surface area contributed by atoms with Gasteiger partial charge < -0.3 is 30.0 Å². The van der Waals surface area contributed by atoms with Crippen molar-refractivity contribution in [1.29, 1.82) is 0 Å². The molecule has 0 aromatic heterocycles. The molecule has 0 saturated carbocycles. The fourth-order valence-electron chi connectivity index (χ4n) is 4.24. The molecule has 0 radical (unpaired) electrons. The van der Waals surface area contributed by atoms with Crippen molar-refractivity contribution in [3.63, 3.8) is 0 Å². The number of carbonyl (C=O) groups excluding carboxylic acids is 2. The summed E-state index contributed by atoms with van der Waals surface area (Å²) in [6.07, 6.45) is 4.14. The average Bonchev–Trinajstić information content (AvgIpc) is 3.43. The second kappa shape index (κ2) is 16.4. The molecule has 9 nitrogen and oxygen atoms in total. The number of rotatable bonds is 16. The van der Waals surface area contributed by atoms with Crippen LogP contribution >= 0.6 is 23.2 Å². The fraction of sp³-hybridized carbons (Fsp3) is 0.483. The summed E-state index contributed by atoms with van der Waals surface area (Å²) in [4.78, 5) is 37.4. The number of carboxylic acids is 1. The molecule has 1 saturated heterocycles. The average molecular weight is 596 g/mol. The van der Waals surface area contributed by atoms with Gasteiger partial charge in [0.15, 0.2) is 12.2 Å². The van der Waals surface area contributed by atoms with E-state index in [1.807, 2.05) is 0 Å². The molecule has 1 fully saturated rings. The van der Waals surface area contributed by atoms with Crippen molar-refractivity contribution in [3.8, 4) is 5.75 Å². The number of hydrogen-bond acceptors (Lipinski definition) is 6. The highest BCUT2D eigenvalue weighted by molar-refractivity contribution is 6.35. The maximum atomic E-state index is 12.9. The lowest BCUT2D eigenvalue weighted by Crippen LogP contribution is -2.52. The van der Waals surface area contributed by atoms with Crippen molar-refractivity contribution >= 4 is 41.0 Å². The van der Waals surface area contributed by atoms with Crippen LogP contribution in [0.2, 0.25) is 10.0 Å². The molecule has 1 heterocycles. The van der Waals surface area contributed by atoms with E-state index >= 15 is 0 Å². The van der Waals surface area contributed by atoms with Crippen LogP contribution in [0.25, 0.3) is 0 Å². The van der Waals surface area contributed by atoms with Gasteiger partial charge in [0.05, 0.1) is 0 Å². The zero-order valence-corrected chi connectivity index (χ0v) is 24.0. The Morgan fingerprint density at radius 2 is 1.57 bits per heavy atom. The quantitative estimate of drug-likeness (QED) is 0.236. The summed E-state index contributed by atoms with van der Waals surface area (Å²) in [6, 6.07) is 10.8. The maximum Gasteiger partial charge on any atom is 0.326 e. The van der Waals surface area contributed by atoms with Crippen LogP contribution in [0.5, 0.6) is 5.75 Å². The number of unbranched alkanes of at least 4 members (excludes halogenated alkanes) is 5. The molecule has 2 aromatic carbocycles. The van der Waals surface area contributed by atoms with Crippen LogP contribution in [0.3, 0.4) is 0 Å². The normalized spacial score (nSPS) is 17.3. The standard InChI is InChI=1S/C29H36Cl2N2O7/c1-2-3-4-5-6-7-15-32-27(34)25-26(40-18-39-25)28(35)33-24(29(36)37)16-19-11-13-20(14-12-19)38-17-21-22(30)9-8-10-23(21)31/h8-14,24-26H,2-7,15-18H2,1H3,(H,32,34)(H,33,35)(H,36,37)/t24?,25-,26-/m1/s1. The largest absolute Gasteiger partial charge is 0.489 e. The van der Waals surface area contributed by atoms with Crippen molar-refractivity contribution in [2.45, 2.75) is 76.7 Å². The predicted octanol–water partition coefficient (Wildman–Crippen LogP) is 4.90. The summed E-state index contributed by atoms with van der Waals surface area (Å²) < 4.78 is 16.4. The molecule has 2 aromatic rings. The summed E-state index contributed by atoms with van der Waals surface area (Å²) in [7, 11) is 0. The Morgan fingerprint density at radius 3 is 2.23 bits per heavy atom. The SMILES string of the molecule is CCCCCCCCNC(=O)[C@@H]1OCO[C@H]1C(=O)NC(Cc1ccc(OCc2c(Cl)cccc2Cl)cc1)C(=O)O. The highest BCUT2D eigenvalue weighted by atomic mass is 35.5. The van der Waals surface area contributed by atoms with Crippen LogP contribution in [-0.4, -0.2) is 54.5 Å². The molecule has 1 aliphatic heterocycles. The summed E-state index contributed by atoms with van der Waals surface area (Å²) >= 11 is 12.4. The summed E-state index contributed by atoms with van der Waals surface area (Å²) in [5, 5.41) is 16.0. The Kier molecular flexibility index (Phi) is 13.0. The van der Waals surface area contributed by atoms with Crippen LogP contribution in [0.1, 0.15) is 56.6 Å². The second-order valence-corrected chi connectivity index (χ2v) is 10.4. The Hall–Kier alpha value is -2.85. The highest BCUT2D eigenvalue weighted by Gasteiger charge is 2.41. The van der Waals surface area contributed by atoms with Crippen LogP contribution in [0.15, 0.2) is 42.5 Å². The van der Waals surface area contributed by atoms with Gasteiger partial charge in [0.2, 0.25) is 0 Å². The molecular formula is C29H36Cl2N2O7. The maximum absolute atomic E-state index is 12.9. The molecule has 218 valence electrons. The zero-order chi connectivity index (χ0) is 28.9. The first-order chi connectivity index (χ1) is 19.3. The number of carboxylic acid groups (broad SMARTS) is 1. The lowest BCUT2D eigenvalue weighted by atomic mass is 10.0. The third-order valence-electron chi connectivity index (χ3n) is 6.54. The Morgan fingerprint density at radius 1 is 0.950 bits per heavy atom. The minimum atomic E-state index is -1.24. The van der Waals surface area contributed by atoms with Crippen molar-refractivity contribution < 1.29 is 33.7 Å². The van der Waals surface area contributed by atoms with Gasteiger partial charge in [0.1, 0.15) is 25.2 Å². The van der Waals surface area contributed by atoms with Gasteiger partial charge in [-0.1, -0.05) is 80.4 Å². The molecule has 40 heavy (non-hydrogen) atoms. The third-order valence-corrected chi connectivity index (χ3v) is 7.25. The number of amides is 2. The smallest absolute Gasteiger partial charge is 0.326 e. The van der Waals surface area contributed by atoms with Crippen molar-refractivity contribution in [2.24, 2.45) is 0 Å². The number of ether oxygens (including phenoxy) is 3. The van der Waals surface area contributed by atoms with Gasteiger partial charge in [-0.2, -0.15) is 0 Å². The number of nitrogens with one attached hydrogen (secondary N) is 2. The van der Waals surface area contributed by atoms with Gasteiger partial charge >= 0.3 is 5.97 Å². The van der Waals surface area contributed by atoms with Crippen LogP contribution < -0.4 is 15.4 Å². The number of benzene rings is 2. The van der Waals surface area contributed by atoms with E-state index in [1.54, 1.807) is 42.5 Å². The first kappa shape index (κ1) is 31.7. The van der Waals surface area contributed by atoms with E-state index in [0.717, 1.165) is 19.3 Å². The molecule has 11 heteroatoms. The molecule has 3 atom stereocenters. The molecule has 1 unspecified atom stereocenters. The minimum absolute atomic E-state index is 0.0141. The predicted molar refractivity (Wildman–Crippen MR) is 152 cm³/mol. The van der Waals surface area contributed by atoms with Crippen LogP contribution in [-0.2, 0) is 36.9 Å². The molecule has 0 bridgehead atoms. The monoisotopic (exact) mass is 594 g/mol. The van der Waals surface area contributed by atoms with Crippen molar-refractivity contribution in [2.75, 3.05) is 13.3 Å². The van der Waals surface area contributed by atoms with Gasteiger partial charge in [-0.15, -0.1) is 0 Å². The van der Waals surface area contributed by atoms with Crippen LogP contribution in [0, 0.1) is 0 Å². The Labute approximate surface area is 244 Å². The lowest BCUT2D eigenvalue weighted by Gasteiger charge is -2.20. The van der Waals surface area contributed by atoms with E-state index < -0.39 is 36.0 Å². The van der Waals surface area contributed by atoms with E-state index in [0.29, 0.717) is 33.5 Å². The molecule has 3 N–H and O–H groups in total. The van der Waals surface area contributed by atoms with E-state index in [-0.39, 0.29) is 19.8 Å². The Balaban J connectivity index is 1.49. The lowest BCUT2D eigenvalue weighted by molar-refractivity contribution is -0.144. The topological polar surface area (TPSA) is 123 Å². The molecular weight excluding hydrogens is 559 g/mol. The molecule has 0 spiro atoms. The second-order valence-electron chi connectivity index (χ2n) is 9.59. The fourth-order valence-corrected chi connectivity index (χ4v) is 4.75. The van der Waals surface area contributed by atoms with Gasteiger partial charge in [0, 0.05) is 28.6 Å². The van der Waals surface area contributed by atoms with Gasteiger partial charge in [0.25, 0.3) is 11.8 Å².